The third-order valence-corrected chi connectivity index (χ3v) is 4.09. The molecule has 1 unspecified atom stereocenters. The molecule has 0 radical (unpaired) electrons. The largest absolute Gasteiger partial charge is 0.497 e. The fraction of sp³-hybridized carbons (Fsp3) is 0.533. The molecule has 0 aromatic heterocycles. The van der Waals surface area contributed by atoms with Gasteiger partial charge in [0, 0.05) is 23.1 Å². The zero-order valence-electron chi connectivity index (χ0n) is 12.1. The lowest BCUT2D eigenvalue weighted by molar-refractivity contribution is -0.121. The number of piperidine rings is 1. The second-order valence-corrected chi connectivity index (χ2v) is 6.18. The van der Waals surface area contributed by atoms with Crippen LogP contribution in [0.3, 0.4) is 0 Å². The van der Waals surface area contributed by atoms with Crippen molar-refractivity contribution >= 4 is 27.5 Å². The topological polar surface area (TPSA) is 41.6 Å². The van der Waals surface area contributed by atoms with Crippen LogP contribution in [0.1, 0.15) is 26.7 Å². The highest BCUT2D eigenvalue weighted by molar-refractivity contribution is 9.10. The van der Waals surface area contributed by atoms with Crippen LogP contribution in [-0.4, -0.2) is 31.6 Å². The number of amides is 1. The van der Waals surface area contributed by atoms with Gasteiger partial charge in [0.05, 0.1) is 18.8 Å². The van der Waals surface area contributed by atoms with E-state index in [0.29, 0.717) is 6.04 Å². The van der Waals surface area contributed by atoms with Gasteiger partial charge in [-0.2, -0.15) is 0 Å². The van der Waals surface area contributed by atoms with E-state index in [1.165, 1.54) is 0 Å². The maximum atomic E-state index is 12.6. The van der Waals surface area contributed by atoms with Crippen LogP contribution in [0.5, 0.6) is 5.75 Å². The minimum atomic E-state index is -0.0955. The summed E-state index contributed by atoms with van der Waals surface area (Å²) in [6.45, 7) is 4.88. The Hall–Kier alpha value is -1.07. The third-order valence-electron chi connectivity index (χ3n) is 3.42. The van der Waals surface area contributed by atoms with Gasteiger partial charge < -0.3 is 15.0 Å². The van der Waals surface area contributed by atoms with Gasteiger partial charge in [-0.1, -0.05) is 13.8 Å². The molecule has 1 aliphatic heterocycles. The normalized spacial score (nSPS) is 19.6. The fourth-order valence-electron chi connectivity index (χ4n) is 2.50. The van der Waals surface area contributed by atoms with Crippen LogP contribution in [0.4, 0.5) is 5.69 Å². The summed E-state index contributed by atoms with van der Waals surface area (Å²) in [5, 5.41) is 3.34. The fourth-order valence-corrected chi connectivity index (χ4v) is 2.96. The molecule has 0 aliphatic carbocycles. The van der Waals surface area contributed by atoms with Crippen molar-refractivity contribution in [3.8, 4) is 5.75 Å². The number of methoxy groups -OCH3 is 1. The molecule has 1 aromatic carbocycles. The number of nitrogens with one attached hydrogen (secondary N) is 1. The molecule has 1 heterocycles. The lowest BCUT2D eigenvalue weighted by atomic mass is 10.0. The summed E-state index contributed by atoms with van der Waals surface area (Å²) in [6.07, 6.45) is 1.90. The molecule has 1 saturated heterocycles. The van der Waals surface area contributed by atoms with E-state index in [0.717, 1.165) is 35.3 Å². The number of halogens is 1. The monoisotopic (exact) mass is 340 g/mol. The summed E-state index contributed by atoms with van der Waals surface area (Å²) >= 11 is 3.52. The molecular weight excluding hydrogens is 320 g/mol. The van der Waals surface area contributed by atoms with Crippen molar-refractivity contribution in [2.75, 3.05) is 18.6 Å². The molecule has 0 bridgehead atoms. The number of benzene rings is 1. The number of hydrogen-bond donors (Lipinski definition) is 1. The number of hydrogen-bond acceptors (Lipinski definition) is 3. The van der Waals surface area contributed by atoms with Crippen LogP contribution < -0.4 is 15.0 Å². The van der Waals surface area contributed by atoms with Crippen molar-refractivity contribution in [1.29, 1.82) is 0 Å². The molecule has 110 valence electrons. The van der Waals surface area contributed by atoms with Gasteiger partial charge in [0.2, 0.25) is 5.91 Å². The van der Waals surface area contributed by atoms with Crippen LogP contribution >= 0.6 is 15.9 Å². The average molecular weight is 341 g/mol. The van der Waals surface area contributed by atoms with E-state index in [1.807, 2.05) is 23.1 Å². The molecular formula is C15H21BrN2O2. The van der Waals surface area contributed by atoms with Crippen LogP contribution in [0.15, 0.2) is 22.7 Å². The number of carbonyl (C=O) groups is 1. The van der Waals surface area contributed by atoms with Gasteiger partial charge in [-0.25, -0.2) is 0 Å². The summed E-state index contributed by atoms with van der Waals surface area (Å²) in [4.78, 5) is 14.5. The second-order valence-electron chi connectivity index (χ2n) is 5.32. The summed E-state index contributed by atoms with van der Waals surface area (Å²) in [7, 11) is 1.63. The maximum absolute atomic E-state index is 12.6. The molecule has 1 N–H and O–H groups in total. The molecule has 1 aliphatic rings. The van der Waals surface area contributed by atoms with E-state index in [4.69, 9.17) is 4.74 Å². The molecule has 1 aromatic rings. The first-order chi connectivity index (χ1) is 9.52. The van der Waals surface area contributed by atoms with Crippen molar-refractivity contribution in [3.05, 3.63) is 22.7 Å². The number of carbonyl (C=O) groups excluding carboxylic acids is 1. The minimum absolute atomic E-state index is 0.0955. The second kappa shape index (κ2) is 6.59. The highest BCUT2D eigenvalue weighted by atomic mass is 79.9. The molecule has 0 saturated carbocycles. The number of rotatable bonds is 4. The van der Waals surface area contributed by atoms with Crippen LogP contribution in [0, 0.1) is 0 Å². The summed E-state index contributed by atoms with van der Waals surface area (Å²) in [6, 6.07) is 5.91. The van der Waals surface area contributed by atoms with Gasteiger partial charge in [-0.15, -0.1) is 0 Å². The lowest BCUT2D eigenvalue weighted by Crippen LogP contribution is -2.52. The third kappa shape index (κ3) is 3.33. The Kier molecular flexibility index (Phi) is 5.05. The Labute approximate surface area is 128 Å². The highest BCUT2D eigenvalue weighted by Gasteiger charge is 2.30. The number of nitrogens with zero attached hydrogens (tertiary/aromatic N) is 1. The van der Waals surface area contributed by atoms with Gasteiger partial charge in [-0.05, 0) is 40.9 Å². The minimum Gasteiger partial charge on any atom is -0.497 e. The van der Waals surface area contributed by atoms with Gasteiger partial charge in [-0.3, -0.25) is 4.79 Å². The van der Waals surface area contributed by atoms with Gasteiger partial charge in [0.25, 0.3) is 0 Å². The van der Waals surface area contributed by atoms with E-state index in [2.05, 4.69) is 35.1 Å². The van der Waals surface area contributed by atoms with E-state index < -0.39 is 0 Å². The Morgan fingerprint density at radius 1 is 1.45 bits per heavy atom. The quantitative estimate of drug-likeness (QED) is 0.916. The zero-order valence-corrected chi connectivity index (χ0v) is 13.7. The first-order valence-corrected chi connectivity index (χ1v) is 7.73. The van der Waals surface area contributed by atoms with Crippen molar-refractivity contribution in [2.24, 2.45) is 0 Å². The van der Waals surface area contributed by atoms with E-state index in [1.54, 1.807) is 7.11 Å². The van der Waals surface area contributed by atoms with Gasteiger partial charge >= 0.3 is 0 Å². The van der Waals surface area contributed by atoms with Crippen LogP contribution in [-0.2, 0) is 4.79 Å². The molecule has 4 nitrogen and oxygen atoms in total. The maximum Gasteiger partial charge on any atom is 0.244 e. The first-order valence-electron chi connectivity index (χ1n) is 6.94. The SMILES string of the molecule is COc1ccc(Br)c(N2CCCC(NC(C)C)C2=O)c1. The Balaban J connectivity index is 2.25. The number of anilines is 1. The van der Waals surface area contributed by atoms with Gasteiger partial charge in [0.15, 0.2) is 0 Å². The van der Waals surface area contributed by atoms with E-state index in [9.17, 15) is 4.79 Å². The summed E-state index contributed by atoms with van der Waals surface area (Å²) in [5.74, 6) is 0.897. The van der Waals surface area contributed by atoms with Crippen molar-refractivity contribution < 1.29 is 9.53 Å². The van der Waals surface area contributed by atoms with Crippen LogP contribution in [0.25, 0.3) is 0 Å². The van der Waals surface area contributed by atoms with Crippen molar-refractivity contribution in [3.63, 3.8) is 0 Å². The van der Waals surface area contributed by atoms with Crippen molar-refractivity contribution in [1.82, 2.24) is 5.32 Å². The summed E-state index contributed by atoms with van der Waals surface area (Å²) in [5.41, 5.74) is 0.879. The average Bonchev–Trinajstić information content (AvgIpc) is 2.42. The van der Waals surface area contributed by atoms with Crippen LogP contribution in [0.2, 0.25) is 0 Å². The molecule has 1 amide bonds. The van der Waals surface area contributed by atoms with E-state index in [-0.39, 0.29) is 11.9 Å². The number of ether oxygens (including phenoxy) is 1. The predicted octanol–water partition coefficient (Wildman–Crippen LogP) is 2.95. The molecule has 1 fully saturated rings. The first kappa shape index (κ1) is 15.3. The van der Waals surface area contributed by atoms with Crippen molar-refractivity contribution in [2.45, 2.75) is 38.8 Å². The smallest absolute Gasteiger partial charge is 0.244 e. The molecule has 0 spiro atoms. The lowest BCUT2D eigenvalue weighted by Gasteiger charge is -2.34. The molecule has 5 heteroatoms. The predicted molar refractivity (Wildman–Crippen MR) is 84.3 cm³/mol. The summed E-state index contributed by atoms with van der Waals surface area (Å²) < 4.78 is 6.17. The standard InChI is InChI=1S/C15H21BrN2O2/c1-10(2)17-13-5-4-8-18(15(13)19)14-9-11(20-3)6-7-12(14)16/h6-7,9-10,13,17H,4-5,8H2,1-3H3. The van der Waals surface area contributed by atoms with Gasteiger partial charge in [0.1, 0.15) is 5.75 Å². The highest BCUT2D eigenvalue weighted by Crippen LogP contribution is 2.32. The van der Waals surface area contributed by atoms with E-state index >= 15 is 0 Å². The molecule has 1 atom stereocenters. The Bertz CT molecular complexity index is 491. The molecule has 2 rings (SSSR count). The Morgan fingerprint density at radius 3 is 2.85 bits per heavy atom. The zero-order chi connectivity index (χ0) is 14.7. The molecule has 20 heavy (non-hydrogen) atoms. The Morgan fingerprint density at radius 2 is 2.20 bits per heavy atom.